The Morgan fingerprint density at radius 1 is 1.11 bits per heavy atom. The first-order valence-electron chi connectivity index (χ1n) is 6.10. The van der Waals surface area contributed by atoms with Crippen LogP contribution in [0.4, 0.5) is 6.01 Å². The Labute approximate surface area is 107 Å². The minimum absolute atomic E-state index is 0.462. The van der Waals surface area contributed by atoms with Crippen molar-refractivity contribution >= 4 is 6.01 Å². The fraction of sp³-hybridized carbons (Fsp3) is 0.385. The predicted octanol–water partition coefficient (Wildman–Crippen LogP) is 2.10. The van der Waals surface area contributed by atoms with E-state index < -0.39 is 0 Å². The number of nitrogens with one attached hydrogen (secondary N) is 2. The monoisotopic (exact) mass is 246 g/mol. The molecule has 2 rings (SSSR count). The van der Waals surface area contributed by atoms with E-state index in [9.17, 15) is 0 Å². The van der Waals surface area contributed by atoms with E-state index in [0.717, 1.165) is 6.54 Å². The molecule has 0 unspecified atom stereocenters. The molecule has 1 heterocycles. The summed E-state index contributed by atoms with van der Waals surface area (Å²) < 4.78 is 5.44. The summed E-state index contributed by atoms with van der Waals surface area (Å²) in [6.07, 6.45) is 0. The zero-order valence-electron chi connectivity index (χ0n) is 10.7. The largest absolute Gasteiger partial charge is 0.407 e. The maximum atomic E-state index is 5.44. The smallest absolute Gasteiger partial charge is 0.315 e. The number of benzene rings is 1. The van der Waals surface area contributed by atoms with Crippen LogP contribution in [0.5, 0.6) is 0 Å². The minimum atomic E-state index is 0.462. The molecule has 1 aromatic heterocycles. The molecule has 0 aliphatic carbocycles. The van der Waals surface area contributed by atoms with E-state index in [2.05, 4.69) is 52.0 Å². The lowest BCUT2D eigenvalue weighted by atomic mass is 10.1. The van der Waals surface area contributed by atoms with Crippen molar-refractivity contribution in [3.63, 3.8) is 0 Å². The fourth-order valence-corrected chi connectivity index (χ4v) is 1.51. The van der Waals surface area contributed by atoms with Gasteiger partial charge in [0, 0.05) is 6.54 Å². The van der Waals surface area contributed by atoms with Gasteiger partial charge in [-0.3, -0.25) is 0 Å². The molecule has 1 aromatic carbocycles. The first kappa shape index (κ1) is 12.6. The van der Waals surface area contributed by atoms with E-state index in [0.29, 0.717) is 25.0 Å². The van der Waals surface area contributed by atoms with Gasteiger partial charge < -0.3 is 15.1 Å². The van der Waals surface area contributed by atoms with Gasteiger partial charge in [-0.05, 0) is 19.0 Å². The molecule has 18 heavy (non-hydrogen) atoms. The van der Waals surface area contributed by atoms with Gasteiger partial charge in [0.05, 0.1) is 6.54 Å². The van der Waals surface area contributed by atoms with Crippen LogP contribution < -0.4 is 10.6 Å². The zero-order chi connectivity index (χ0) is 12.8. The molecule has 0 saturated carbocycles. The highest BCUT2D eigenvalue weighted by atomic mass is 16.4. The van der Waals surface area contributed by atoms with Gasteiger partial charge in [0.1, 0.15) is 0 Å². The molecule has 0 fully saturated rings. The third-order valence-corrected chi connectivity index (χ3v) is 2.56. The van der Waals surface area contributed by atoms with E-state index in [1.807, 2.05) is 6.92 Å². The van der Waals surface area contributed by atoms with Gasteiger partial charge in [-0.2, -0.15) is 0 Å². The van der Waals surface area contributed by atoms with Crippen molar-refractivity contribution in [2.75, 3.05) is 11.9 Å². The summed E-state index contributed by atoms with van der Waals surface area (Å²) in [5.74, 6) is 0.600. The molecule has 0 bridgehead atoms. The second-order valence-electron chi connectivity index (χ2n) is 4.12. The third-order valence-electron chi connectivity index (χ3n) is 2.56. The summed E-state index contributed by atoms with van der Waals surface area (Å²) in [6, 6.07) is 8.79. The van der Waals surface area contributed by atoms with E-state index in [4.69, 9.17) is 4.42 Å². The second kappa shape index (κ2) is 6.16. The Bertz CT molecular complexity index is 478. The van der Waals surface area contributed by atoms with Gasteiger partial charge in [-0.25, -0.2) is 0 Å². The summed E-state index contributed by atoms with van der Waals surface area (Å²) in [6.45, 7) is 6.28. The van der Waals surface area contributed by atoms with E-state index in [-0.39, 0.29) is 0 Å². The molecule has 2 N–H and O–H groups in total. The first-order valence-corrected chi connectivity index (χ1v) is 6.10. The predicted molar refractivity (Wildman–Crippen MR) is 70.2 cm³/mol. The van der Waals surface area contributed by atoms with Crippen LogP contribution in [0.3, 0.4) is 0 Å². The number of anilines is 1. The molecule has 5 nitrogen and oxygen atoms in total. The summed E-state index contributed by atoms with van der Waals surface area (Å²) in [7, 11) is 0. The highest BCUT2D eigenvalue weighted by molar-refractivity contribution is 5.26. The van der Waals surface area contributed by atoms with Gasteiger partial charge in [0.25, 0.3) is 0 Å². The zero-order valence-corrected chi connectivity index (χ0v) is 10.7. The van der Waals surface area contributed by atoms with Crippen LogP contribution in [0.2, 0.25) is 0 Å². The normalized spacial score (nSPS) is 10.6. The highest BCUT2D eigenvalue weighted by Crippen LogP contribution is 2.08. The topological polar surface area (TPSA) is 63.0 Å². The van der Waals surface area contributed by atoms with Crippen molar-refractivity contribution in [2.45, 2.75) is 26.9 Å². The van der Waals surface area contributed by atoms with E-state index >= 15 is 0 Å². The standard InChI is InChI=1S/C13H18N4O/c1-3-14-9-12-16-17-13(18-12)15-8-11-6-4-10(2)5-7-11/h4-7,14H,3,8-9H2,1-2H3,(H,15,17). The lowest BCUT2D eigenvalue weighted by molar-refractivity contribution is 0.481. The van der Waals surface area contributed by atoms with Crippen LogP contribution in [-0.2, 0) is 13.1 Å². The van der Waals surface area contributed by atoms with Crippen molar-refractivity contribution in [1.82, 2.24) is 15.5 Å². The van der Waals surface area contributed by atoms with Gasteiger partial charge >= 0.3 is 6.01 Å². The van der Waals surface area contributed by atoms with Crippen molar-refractivity contribution in [3.05, 3.63) is 41.3 Å². The van der Waals surface area contributed by atoms with E-state index in [1.54, 1.807) is 0 Å². The Balaban J connectivity index is 1.86. The van der Waals surface area contributed by atoms with Crippen LogP contribution in [0.15, 0.2) is 28.7 Å². The second-order valence-corrected chi connectivity index (χ2v) is 4.12. The van der Waals surface area contributed by atoms with E-state index in [1.165, 1.54) is 11.1 Å². The molecule has 5 heteroatoms. The molecule has 0 aliphatic rings. The average molecular weight is 246 g/mol. The Morgan fingerprint density at radius 3 is 2.61 bits per heavy atom. The molecule has 0 atom stereocenters. The number of nitrogens with zero attached hydrogens (tertiary/aromatic N) is 2. The number of rotatable bonds is 6. The fourth-order valence-electron chi connectivity index (χ4n) is 1.51. The van der Waals surface area contributed by atoms with Gasteiger partial charge in [0.2, 0.25) is 5.89 Å². The molecule has 0 spiro atoms. The molecule has 0 aliphatic heterocycles. The van der Waals surface area contributed by atoms with Crippen LogP contribution in [0.1, 0.15) is 23.9 Å². The van der Waals surface area contributed by atoms with Crippen molar-refractivity contribution in [2.24, 2.45) is 0 Å². The van der Waals surface area contributed by atoms with Gasteiger partial charge in [-0.1, -0.05) is 41.9 Å². The van der Waals surface area contributed by atoms with Crippen LogP contribution in [0.25, 0.3) is 0 Å². The molecule has 0 amide bonds. The van der Waals surface area contributed by atoms with Crippen molar-refractivity contribution in [3.8, 4) is 0 Å². The Hall–Kier alpha value is -1.88. The van der Waals surface area contributed by atoms with Gasteiger partial charge in [0.15, 0.2) is 0 Å². The summed E-state index contributed by atoms with van der Waals surface area (Å²) in [4.78, 5) is 0. The van der Waals surface area contributed by atoms with Gasteiger partial charge in [-0.15, -0.1) is 5.10 Å². The Kier molecular flexibility index (Phi) is 4.30. The summed E-state index contributed by atoms with van der Waals surface area (Å²) >= 11 is 0. The average Bonchev–Trinajstić information content (AvgIpc) is 2.84. The van der Waals surface area contributed by atoms with Crippen LogP contribution in [-0.4, -0.2) is 16.7 Å². The lowest BCUT2D eigenvalue weighted by Gasteiger charge is -2.02. The number of hydrogen-bond donors (Lipinski definition) is 2. The maximum absolute atomic E-state index is 5.44. The van der Waals surface area contributed by atoms with Crippen molar-refractivity contribution in [1.29, 1.82) is 0 Å². The third kappa shape index (κ3) is 3.56. The lowest BCUT2D eigenvalue weighted by Crippen LogP contribution is -2.11. The first-order chi connectivity index (χ1) is 8.78. The van der Waals surface area contributed by atoms with Crippen molar-refractivity contribution < 1.29 is 4.42 Å². The quantitative estimate of drug-likeness (QED) is 0.817. The SMILES string of the molecule is CCNCc1nnc(NCc2ccc(C)cc2)o1. The minimum Gasteiger partial charge on any atom is -0.407 e. The molecule has 0 radical (unpaired) electrons. The molecular weight excluding hydrogens is 228 g/mol. The number of aryl methyl sites for hydroxylation is 1. The summed E-state index contributed by atoms with van der Waals surface area (Å²) in [5.41, 5.74) is 2.44. The number of hydrogen-bond acceptors (Lipinski definition) is 5. The Morgan fingerprint density at radius 2 is 1.89 bits per heavy atom. The maximum Gasteiger partial charge on any atom is 0.315 e. The molecular formula is C13H18N4O. The molecule has 2 aromatic rings. The summed E-state index contributed by atoms with van der Waals surface area (Å²) in [5, 5.41) is 14.1. The highest BCUT2D eigenvalue weighted by Gasteiger charge is 2.04. The van der Waals surface area contributed by atoms with Crippen LogP contribution >= 0.6 is 0 Å². The van der Waals surface area contributed by atoms with Crippen LogP contribution in [0, 0.1) is 6.92 Å². The molecule has 0 saturated heterocycles. The number of aromatic nitrogens is 2. The molecule has 96 valence electrons.